The maximum absolute atomic E-state index is 12.9. The molecule has 0 radical (unpaired) electrons. The summed E-state index contributed by atoms with van der Waals surface area (Å²) in [5.41, 5.74) is 5.24. The van der Waals surface area contributed by atoms with Gasteiger partial charge in [0.05, 0.1) is 21.5 Å². The SMILES string of the molecule is Cc1nn(C)c(C)c1-c1nc2ccc(C(=O)Nc3ccc(Oc4ccccc4)cc3)cc2s1. The second-order valence-electron chi connectivity index (χ2n) is 7.76. The molecule has 0 aliphatic carbocycles. The van der Waals surface area contributed by atoms with E-state index in [-0.39, 0.29) is 5.91 Å². The molecule has 5 rings (SSSR count). The van der Waals surface area contributed by atoms with Gasteiger partial charge in [-0.1, -0.05) is 18.2 Å². The molecule has 0 bridgehead atoms. The zero-order chi connectivity index (χ0) is 22.9. The summed E-state index contributed by atoms with van der Waals surface area (Å²) in [6.45, 7) is 4.03. The first-order chi connectivity index (χ1) is 16.0. The molecule has 2 heterocycles. The molecule has 1 amide bonds. The third-order valence-corrected chi connectivity index (χ3v) is 6.50. The Balaban J connectivity index is 1.33. The van der Waals surface area contributed by atoms with Crippen LogP contribution in [0.3, 0.4) is 0 Å². The van der Waals surface area contributed by atoms with E-state index in [1.54, 1.807) is 17.4 Å². The van der Waals surface area contributed by atoms with Gasteiger partial charge < -0.3 is 10.1 Å². The number of para-hydroxylation sites is 1. The van der Waals surface area contributed by atoms with Crippen molar-refractivity contribution in [3.05, 3.63) is 89.7 Å². The average Bonchev–Trinajstić information content (AvgIpc) is 3.34. The number of amides is 1. The van der Waals surface area contributed by atoms with Gasteiger partial charge >= 0.3 is 0 Å². The zero-order valence-electron chi connectivity index (χ0n) is 18.5. The molecule has 3 aromatic carbocycles. The number of anilines is 1. The number of carbonyl (C=O) groups is 1. The molecule has 5 aromatic rings. The molecule has 0 spiro atoms. The zero-order valence-corrected chi connectivity index (χ0v) is 19.3. The lowest BCUT2D eigenvalue weighted by Gasteiger charge is -2.08. The second-order valence-corrected chi connectivity index (χ2v) is 8.80. The van der Waals surface area contributed by atoms with E-state index in [0.29, 0.717) is 17.0 Å². The normalized spacial score (nSPS) is 11.0. The lowest BCUT2D eigenvalue weighted by atomic mass is 10.2. The third-order valence-electron chi connectivity index (χ3n) is 5.46. The van der Waals surface area contributed by atoms with Gasteiger partial charge in [0.1, 0.15) is 16.5 Å². The monoisotopic (exact) mass is 454 g/mol. The highest BCUT2D eigenvalue weighted by Crippen LogP contribution is 2.34. The first kappa shape index (κ1) is 20.9. The van der Waals surface area contributed by atoms with Crippen LogP contribution < -0.4 is 10.1 Å². The van der Waals surface area contributed by atoms with E-state index >= 15 is 0 Å². The van der Waals surface area contributed by atoms with Crippen molar-refractivity contribution in [3.63, 3.8) is 0 Å². The van der Waals surface area contributed by atoms with Crippen LogP contribution in [0.25, 0.3) is 20.8 Å². The predicted octanol–water partition coefficient (Wildman–Crippen LogP) is 6.36. The number of carbonyl (C=O) groups excluding carboxylic acids is 1. The summed E-state index contributed by atoms with van der Waals surface area (Å²) in [6.07, 6.45) is 0. The molecule has 0 atom stereocenters. The molecule has 0 fully saturated rings. The highest BCUT2D eigenvalue weighted by Gasteiger charge is 2.17. The number of aryl methyl sites for hydroxylation is 2. The number of benzene rings is 3. The fourth-order valence-corrected chi connectivity index (χ4v) is 4.84. The Labute approximate surface area is 195 Å². The van der Waals surface area contributed by atoms with Crippen molar-refractivity contribution in [1.82, 2.24) is 14.8 Å². The Morgan fingerprint density at radius 3 is 2.39 bits per heavy atom. The summed E-state index contributed by atoms with van der Waals surface area (Å²) >= 11 is 1.57. The van der Waals surface area contributed by atoms with Crippen molar-refractivity contribution < 1.29 is 9.53 Å². The van der Waals surface area contributed by atoms with Crippen molar-refractivity contribution in [2.75, 3.05) is 5.32 Å². The summed E-state index contributed by atoms with van der Waals surface area (Å²) in [7, 11) is 1.93. The number of thiazole rings is 1. The van der Waals surface area contributed by atoms with Crippen LogP contribution in [0.15, 0.2) is 72.8 Å². The minimum absolute atomic E-state index is 0.169. The van der Waals surface area contributed by atoms with Crippen molar-refractivity contribution in [2.45, 2.75) is 13.8 Å². The molecule has 0 saturated carbocycles. The Bertz CT molecular complexity index is 1450. The largest absolute Gasteiger partial charge is 0.457 e. The van der Waals surface area contributed by atoms with Crippen LogP contribution in [0.1, 0.15) is 21.7 Å². The lowest BCUT2D eigenvalue weighted by Crippen LogP contribution is -2.11. The minimum Gasteiger partial charge on any atom is -0.457 e. The second kappa shape index (κ2) is 8.52. The number of hydrogen-bond donors (Lipinski definition) is 1. The van der Waals surface area contributed by atoms with Gasteiger partial charge in [-0.2, -0.15) is 5.10 Å². The van der Waals surface area contributed by atoms with Gasteiger partial charge in [-0.05, 0) is 68.4 Å². The van der Waals surface area contributed by atoms with E-state index in [0.717, 1.165) is 37.9 Å². The first-order valence-electron chi connectivity index (χ1n) is 10.5. The molecule has 0 aliphatic heterocycles. The Kier molecular flexibility index (Phi) is 5.40. The van der Waals surface area contributed by atoms with Crippen LogP contribution in [0.5, 0.6) is 11.5 Å². The topological polar surface area (TPSA) is 69.0 Å². The summed E-state index contributed by atoms with van der Waals surface area (Å²) in [5.74, 6) is 1.30. The Morgan fingerprint density at radius 2 is 1.70 bits per heavy atom. The number of aromatic nitrogens is 3. The maximum Gasteiger partial charge on any atom is 0.255 e. The van der Waals surface area contributed by atoms with E-state index in [4.69, 9.17) is 9.72 Å². The van der Waals surface area contributed by atoms with Gasteiger partial charge in [-0.3, -0.25) is 9.48 Å². The summed E-state index contributed by atoms with van der Waals surface area (Å²) < 4.78 is 8.64. The van der Waals surface area contributed by atoms with Gasteiger partial charge in [0.25, 0.3) is 5.91 Å². The highest BCUT2D eigenvalue weighted by atomic mass is 32.1. The molecular weight excluding hydrogens is 432 g/mol. The number of fused-ring (bicyclic) bond motifs is 1. The van der Waals surface area contributed by atoms with Gasteiger partial charge in [0, 0.05) is 24.0 Å². The lowest BCUT2D eigenvalue weighted by molar-refractivity contribution is 0.102. The van der Waals surface area contributed by atoms with Gasteiger partial charge in [-0.25, -0.2) is 4.98 Å². The first-order valence-corrected chi connectivity index (χ1v) is 11.3. The molecule has 6 nitrogen and oxygen atoms in total. The van der Waals surface area contributed by atoms with Crippen molar-refractivity contribution in [1.29, 1.82) is 0 Å². The van der Waals surface area contributed by atoms with Gasteiger partial charge in [0.15, 0.2) is 0 Å². The molecule has 0 saturated heterocycles. The minimum atomic E-state index is -0.169. The molecule has 0 aliphatic rings. The number of nitrogens with one attached hydrogen (secondary N) is 1. The molecule has 2 aromatic heterocycles. The van der Waals surface area contributed by atoms with Crippen LogP contribution in [0, 0.1) is 13.8 Å². The summed E-state index contributed by atoms with van der Waals surface area (Å²) in [5, 5.41) is 8.36. The molecule has 164 valence electrons. The Hall–Kier alpha value is -3.97. The quantitative estimate of drug-likeness (QED) is 0.336. The number of nitrogens with zero attached hydrogens (tertiary/aromatic N) is 3. The van der Waals surface area contributed by atoms with Gasteiger partial charge in [-0.15, -0.1) is 11.3 Å². The van der Waals surface area contributed by atoms with E-state index in [9.17, 15) is 4.79 Å². The smallest absolute Gasteiger partial charge is 0.255 e. The van der Waals surface area contributed by atoms with Crippen LogP contribution in [-0.4, -0.2) is 20.7 Å². The average molecular weight is 455 g/mol. The van der Waals surface area contributed by atoms with Crippen molar-refractivity contribution >= 4 is 33.1 Å². The fourth-order valence-electron chi connectivity index (χ4n) is 3.69. The molecule has 33 heavy (non-hydrogen) atoms. The van der Waals surface area contributed by atoms with E-state index in [1.165, 1.54) is 0 Å². The molecule has 0 unspecified atom stereocenters. The standard InChI is InChI=1S/C26H22N4O2S/c1-16-24(17(2)30(3)29-16)26-28-22-14-9-18(15-23(22)33-26)25(31)27-19-10-12-21(13-11-19)32-20-7-5-4-6-8-20/h4-15H,1-3H3,(H,27,31). The van der Waals surface area contributed by atoms with Crippen molar-refractivity contribution in [3.8, 4) is 22.1 Å². The molecular formula is C26H22N4O2S. The fraction of sp³-hybridized carbons (Fsp3) is 0.115. The third kappa shape index (κ3) is 4.23. The van der Waals surface area contributed by atoms with E-state index in [2.05, 4.69) is 10.4 Å². The Morgan fingerprint density at radius 1 is 0.970 bits per heavy atom. The number of hydrogen-bond acceptors (Lipinski definition) is 5. The predicted molar refractivity (Wildman–Crippen MR) is 132 cm³/mol. The summed E-state index contributed by atoms with van der Waals surface area (Å²) in [6, 6.07) is 22.5. The number of rotatable bonds is 5. The van der Waals surface area contributed by atoms with Crippen LogP contribution in [0.2, 0.25) is 0 Å². The van der Waals surface area contributed by atoms with E-state index < -0.39 is 0 Å². The highest BCUT2D eigenvalue weighted by molar-refractivity contribution is 7.21. The van der Waals surface area contributed by atoms with Crippen LogP contribution >= 0.6 is 11.3 Å². The number of ether oxygens (including phenoxy) is 1. The van der Waals surface area contributed by atoms with E-state index in [1.807, 2.05) is 92.3 Å². The maximum atomic E-state index is 12.9. The summed E-state index contributed by atoms with van der Waals surface area (Å²) in [4.78, 5) is 17.6. The molecule has 7 heteroatoms. The van der Waals surface area contributed by atoms with Crippen LogP contribution in [-0.2, 0) is 7.05 Å². The molecule has 1 N–H and O–H groups in total. The van der Waals surface area contributed by atoms with Crippen LogP contribution in [0.4, 0.5) is 5.69 Å². The van der Waals surface area contributed by atoms with Gasteiger partial charge in [0.2, 0.25) is 0 Å². The van der Waals surface area contributed by atoms with Crippen molar-refractivity contribution in [2.24, 2.45) is 7.05 Å².